The van der Waals surface area contributed by atoms with E-state index in [1.807, 2.05) is 13.8 Å². The molecule has 1 aromatic carbocycles. The molecule has 0 spiro atoms. The second kappa shape index (κ2) is 8.58. The third-order valence-corrected chi connectivity index (χ3v) is 2.96. The molecule has 122 valence electrons. The number of benzene rings is 1. The summed E-state index contributed by atoms with van der Waals surface area (Å²) in [4.78, 5) is 23.3. The van der Waals surface area contributed by atoms with Gasteiger partial charge in [-0.1, -0.05) is 11.6 Å². The van der Waals surface area contributed by atoms with Gasteiger partial charge in [0.15, 0.2) is 6.10 Å². The highest BCUT2D eigenvalue weighted by Gasteiger charge is 2.16. The predicted molar refractivity (Wildman–Crippen MR) is 82.4 cm³/mol. The van der Waals surface area contributed by atoms with E-state index >= 15 is 0 Å². The van der Waals surface area contributed by atoms with Crippen molar-refractivity contribution in [2.75, 3.05) is 6.54 Å². The second-order valence-electron chi connectivity index (χ2n) is 5.10. The van der Waals surface area contributed by atoms with Gasteiger partial charge in [-0.25, -0.2) is 4.39 Å². The number of nitrogens with one attached hydrogen (secondary N) is 2. The van der Waals surface area contributed by atoms with Crippen LogP contribution in [-0.2, 0) is 9.59 Å². The average Bonchev–Trinajstić information content (AvgIpc) is 2.40. The Labute approximate surface area is 134 Å². The zero-order valence-electron chi connectivity index (χ0n) is 12.8. The van der Waals surface area contributed by atoms with Gasteiger partial charge in [0.2, 0.25) is 5.91 Å². The first-order valence-corrected chi connectivity index (χ1v) is 7.36. The number of ether oxygens (including phenoxy) is 1. The van der Waals surface area contributed by atoms with Crippen LogP contribution in [0.15, 0.2) is 18.2 Å². The van der Waals surface area contributed by atoms with Crippen LogP contribution >= 0.6 is 11.6 Å². The number of halogens is 2. The first-order valence-electron chi connectivity index (χ1n) is 6.98. The van der Waals surface area contributed by atoms with Crippen molar-refractivity contribution in [3.05, 3.63) is 29.0 Å². The Balaban J connectivity index is 2.40. The minimum Gasteiger partial charge on any atom is -0.479 e. The molecule has 0 fully saturated rings. The molecule has 0 saturated carbocycles. The number of carbonyl (C=O) groups excluding carboxylic acids is 2. The first kappa shape index (κ1) is 18.2. The maximum atomic E-state index is 12.9. The molecule has 0 aliphatic carbocycles. The molecular formula is C15H20ClFN2O3. The lowest BCUT2D eigenvalue weighted by Crippen LogP contribution is -2.39. The molecule has 7 heteroatoms. The Morgan fingerprint density at radius 3 is 2.59 bits per heavy atom. The van der Waals surface area contributed by atoms with E-state index in [1.165, 1.54) is 12.1 Å². The summed E-state index contributed by atoms with van der Waals surface area (Å²) in [6.45, 7) is 5.48. The number of carbonyl (C=O) groups is 2. The summed E-state index contributed by atoms with van der Waals surface area (Å²) in [7, 11) is 0. The van der Waals surface area contributed by atoms with E-state index < -0.39 is 11.9 Å². The van der Waals surface area contributed by atoms with Gasteiger partial charge in [0.05, 0.1) is 5.02 Å². The van der Waals surface area contributed by atoms with E-state index in [0.29, 0.717) is 0 Å². The summed E-state index contributed by atoms with van der Waals surface area (Å²) in [5.41, 5.74) is 0. The molecule has 1 aromatic rings. The summed E-state index contributed by atoms with van der Waals surface area (Å²) in [5, 5.41) is 5.41. The van der Waals surface area contributed by atoms with Crippen LogP contribution in [0.5, 0.6) is 5.75 Å². The molecule has 1 unspecified atom stereocenters. The smallest absolute Gasteiger partial charge is 0.260 e. The van der Waals surface area contributed by atoms with Crippen molar-refractivity contribution in [1.82, 2.24) is 10.6 Å². The highest BCUT2D eigenvalue weighted by molar-refractivity contribution is 6.32. The standard InChI is InChI=1S/C15H20ClFN2O3/c1-9(2)19-14(20)6-7-18-15(21)10(3)22-13-5-4-11(17)8-12(13)16/h4-5,8-10H,6-7H2,1-3H3,(H,18,21)(H,19,20). The van der Waals surface area contributed by atoms with E-state index in [1.54, 1.807) is 6.92 Å². The summed E-state index contributed by atoms with van der Waals surface area (Å²) < 4.78 is 18.3. The monoisotopic (exact) mass is 330 g/mol. The largest absolute Gasteiger partial charge is 0.479 e. The molecule has 0 radical (unpaired) electrons. The highest BCUT2D eigenvalue weighted by Crippen LogP contribution is 2.25. The molecule has 1 rings (SSSR count). The van der Waals surface area contributed by atoms with E-state index in [4.69, 9.17) is 16.3 Å². The Hall–Kier alpha value is -1.82. The Bertz CT molecular complexity index is 538. The van der Waals surface area contributed by atoms with Gasteiger partial charge in [-0.15, -0.1) is 0 Å². The van der Waals surface area contributed by atoms with Crippen molar-refractivity contribution in [2.45, 2.75) is 39.3 Å². The first-order chi connectivity index (χ1) is 10.3. The molecule has 0 aliphatic rings. The van der Waals surface area contributed by atoms with Crippen LogP contribution in [0.25, 0.3) is 0 Å². The van der Waals surface area contributed by atoms with Crippen LogP contribution in [0, 0.1) is 5.82 Å². The normalized spacial score (nSPS) is 11.9. The summed E-state index contributed by atoms with van der Waals surface area (Å²) in [6, 6.07) is 3.73. The van der Waals surface area contributed by atoms with Crippen molar-refractivity contribution in [1.29, 1.82) is 0 Å². The lowest BCUT2D eigenvalue weighted by atomic mass is 10.3. The molecule has 1 atom stereocenters. The van der Waals surface area contributed by atoms with E-state index in [-0.39, 0.29) is 41.6 Å². The lowest BCUT2D eigenvalue weighted by Gasteiger charge is -2.15. The van der Waals surface area contributed by atoms with Crippen molar-refractivity contribution >= 4 is 23.4 Å². The van der Waals surface area contributed by atoms with Gasteiger partial charge in [0, 0.05) is 19.0 Å². The molecule has 2 N–H and O–H groups in total. The van der Waals surface area contributed by atoms with Crippen LogP contribution < -0.4 is 15.4 Å². The van der Waals surface area contributed by atoms with Crippen LogP contribution in [-0.4, -0.2) is 30.5 Å². The van der Waals surface area contributed by atoms with Crippen LogP contribution in [0.2, 0.25) is 5.02 Å². The molecule has 0 aromatic heterocycles. The van der Waals surface area contributed by atoms with Gasteiger partial charge in [0.25, 0.3) is 5.91 Å². The second-order valence-corrected chi connectivity index (χ2v) is 5.51. The van der Waals surface area contributed by atoms with Crippen molar-refractivity contribution in [3.8, 4) is 5.75 Å². The van der Waals surface area contributed by atoms with E-state index in [9.17, 15) is 14.0 Å². The van der Waals surface area contributed by atoms with Gasteiger partial charge < -0.3 is 15.4 Å². The van der Waals surface area contributed by atoms with Crippen molar-refractivity contribution in [2.24, 2.45) is 0 Å². The third-order valence-electron chi connectivity index (χ3n) is 2.67. The van der Waals surface area contributed by atoms with Crippen molar-refractivity contribution < 1.29 is 18.7 Å². The zero-order chi connectivity index (χ0) is 16.7. The maximum Gasteiger partial charge on any atom is 0.260 e. The summed E-state index contributed by atoms with van der Waals surface area (Å²) in [5.74, 6) is -0.767. The Morgan fingerprint density at radius 2 is 2.00 bits per heavy atom. The van der Waals surface area contributed by atoms with Crippen LogP contribution in [0.1, 0.15) is 27.2 Å². The molecule has 22 heavy (non-hydrogen) atoms. The number of amides is 2. The van der Waals surface area contributed by atoms with Crippen LogP contribution in [0.3, 0.4) is 0 Å². The fraction of sp³-hybridized carbons (Fsp3) is 0.467. The van der Waals surface area contributed by atoms with Gasteiger partial charge >= 0.3 is 0 Å². The minimum absolute atomic E-state index is 0.0612. The Morgan fingerprint density at radius 1 is 1.32 bits per heavy atom. The minimum atomic E-state index is -0.809. The van der Waals surface area contributed by atoms with Gasteiger partial charge in [-0.2, -0.15) is 0 Å². The third kappa shape index (κ3) is 6.30. The lowest BCUT2D eigenvalue weighted by molar-refractivity contribution is -0.127. The predicted octanol–water partition coefficient (Wildman–Crippen LogP) is 2.28. The fourth-order valence-electron chi connectivity index (χ4n) is 1.65. The SMILES string of the molecule is CC(C)NC(=O)CCNC(=O)C(C)Oc1ccc(F)cc1Cl. The average molecular weight is 331 g/mol. The molecule has 5 nitrogen and oxygen atoms in total. The molecule has 0 heterocycles. The zero-order valence-corrected chi connectivity index (χ0v) is 13.5. The molecule has 0 saturated heterocycles. The van der Waals surface area contributed by atoms with Crippen LogP contribution in [0.4, 0.5) is 4.39 Å². The topological polar surface area (TPSA) is 67.4 Å². The number of rotatable bonds is 7. The Kier molecular flexibility index (Phi) is 7.11. The van der Waals surface area contributed by atoms with Gasteiger partial charge in [-0.3, -0.25) is 9.59 Å². The molecule has 2 amide bonds. The molecule has 0 bridgehead atoms. The van der Waals surface area contributed by atoms with Crippen molar-refractivity contribution in [3.63, 3.8) is 0 Å². The van der Waals surface area contributed by atoms with E-state index in [2.05, 4.69) is 10.6 Å². The van der Waals surface area contributed by atoms with Gasteiger partial charge in [-0.05, 0) is 39.0 Å². The highest BCUT2D eigenvalue weighted by atomic mass is 35.5. The molecule has 0 aliphatic heterocycles. The number of hydrogen-bond donors (Lipinski definition) is 2. The quantitative estimate of drug-likeness (QED) is 0.806. The maximum absolute atomic E-state index is 12.9. The fourth-order valence-corrected chi connectivity index (χ4v) is 1.86. The summed E-state index contributed by atoms with van der Waals surface area (Å²) >= 11 is 5.82. The van der Waals surface area contributed by atoms with Gasteiger partial charge in [0.1, 0.15) is 11.6 Å². The van der Waals surface area contributed by atoms with E-state index in [0.717, 1.165) is 6.07 Å². The molecular weight excluding hydrogens is 311 g/mol. The summed E-state index contributed by atoms with van der Waals surface area (Å²) in [6.07, 6.45) is -0.621. The number of hydrogen-bond acceptors (Lipinski definition) is 3.